The Morgan fingerprint density at radius 1 is 1.00 bits per heavy atom. The minimum absolute atomic E-state index is 0.159. The average Bonchev–Trinajstić information content (AvgIpc) is 2.65. The summed E-state index contributed by atoms with van der Waals surface area (Å²) >= 11 is 0. The number of carbonyl (C=O) groups is 2. The van der Waals surface area contributed by atoms with Gasteiger partial charge in [0.25, 0.3) is 5.91 Å². The molecule has 0 unspecified atom stereocenters. The van der Waals surface area contributed by atoms with Gasteiger partial charge in [-0.05, 0) is 68.7 Å². The second kappa shape index (κ2) is 10.4. The summed E-state index contributed by atoms with van der Waals surface area (Å²) in [5.41, 5.74) is 2.55. The zero-order valence-electron chi connectivity index (χ0n) is 16.2. The molecule has 0 atom stereocenters. The van der Waals surface area contributed by atoms with Gasteiger partial charge in [-0.3, -0.25) is 4.79 Å². The van der Waals surface area contributed by atoms with E-state index in [2.05, 4.69) is 12.2 Å². The maximum Gasteiger partial charge on any atom is 0.344 e. The van der Waals surface area contributed by atoms with Gasteiger partial charge in [-0.2, -0.15) is 0 Å². The lowest BCUT2D eigenvalue weighted by Gasteiger charge is -2.10. The summed E-state index contributed by atoms with van der Waals surface area (Å²) in [6, 6.07) is 14.6. The Balaban J connectivity index is 1.86. The van der Waals surface area contributed by atoms with Crippen molar-refractivity contribution >= 4 is 17.6 Å². The first-order valence-electron chi connectivity index (χ1n) is 9.30. The lowest BCUT2D eigenvalue weighted by atomic mass is 10.1. The summed E-state index contributed by atoms with van der Waals surface area (Å²) in [5, 5.41) is 2.88. The first-order chi connectivity index (χ1) is 13.0. The fourth-order valence-electron chi connectivity index (χ4n) is 2.48. The zero-order chi connectivity index (χ0) is 19.6. The van der Waals surface area contributed by atoms with E-state index in [0.29, 0.717) is 11.3 Å². The molecule has 2 aromatic carbocycles. The monoisotopic (exact) mass is 369 g/mol. The molecule has 0 radical (unpaired) electrons. The van der Waals surface area contributed by atoms with Gasteiger partial charge in [0.1, 0.15) is 5.75 Å². The molecule has 0 aliphatic carbocycles. The highest BCUT2D eigenvalue weighted by Gasteiger charge is 2.09. The van der Waals surface area contributed by atoms with E-state index in [4.69, 9.17) is 9.47 Å². The Labute approximate surface area is 160 Å². The highest BCUT2D eigenvalue weighted by atomic mass is 16.6. The molecule has 1 amide bonds. The predicted octanol–water partition coefficient (Wildman–Crippen LogP) is 4.61. The van der Waals surface area contributed by atoms with Gasteiger partial charge in [0, 0.05) is 11.3 Å². The van der Waals surface area contributed by atoms with Crippen molar-refractivity contribution in [1.82, 2.24) is 0 Å². The summed E-state index contributed by atoms with van der Waals surface area (Å²) in [7, 11) is 0. The number of carbonyl (C=O) groups excluding carboxylic acids is 2. The summed E-state index contributed by atoms with van der Waals surface area (Å²) in [6.45, 7) is 5.57. The first kappa shape index (κ1) is 20.5. The number of anilines is 1. The van der Waals surface area contributed by atoms with E-state index in [1.165, 1.54) is 5.56 Å². The molecule has 0 spiro atoms. The van der Waals surface area contributed by atoms with Crippen LogP contribution in [0.2, 0.25) is 0 Å². The van der Waals surface area contributed by atoms with Crippen LogP contribution in [0.25, 0.3) is 0 Å². The highest BCUT2D eigenvalue weighted by molar-refractivity contribution is 6.04. The third-order valence-corrected chi connectivity index (χ3v) is 3.87. The normalized spacial score (nSPS) is 10.5. The number of hydrogen-bond donors (Lipinski definition) is 1. The predicted molar refractivity (Wildman–Crippen MR) is 106 cm³/mol. The molecule has 5 nitrogen and oxygen atoms in total. The summed E-state index contributed by atoms with van der Waals surface area (Å²) < 4.78 is 10.4. The fraction of sp³-hybridized carbons (Fsp3) is 0.364. The van der Waals surface area contributed by atoms with Crippen molar-refractivity contribution in [1.29, 1.82) is 0 Å². The Bertz CT molecular complexity index is 736. The van der Waals surface area contributed by atoms with Crippen LogP contribution >= 0.6 is 0 Å². The number of aryl methyl sites for hydroxylation is 1. The number of esters is 1. The van der Waals surface area contributed by atoms with Crippen LogP contribution in [0.1, 0.15) is 49.5 Å². The summed E-state index contributed by atoms with van der Waals surface area (Å²) in [5.74, 6) is -0.108. The Morgan fingerprint density at radius 2 is 1.67 bits per heavy atom. The van der Waals surface area contributed by atoms with Crippen molar-refractivity contribution in [2.24, 2.45) is 0 Å². The van der Waals surface area contributed by atoms with Crippen LogP contribution in [0.4, 0.5) is 5.69 Å². The topological polar surface area (TPSA) is 64.6 Å². The van der Waals surface area contributed by atoms with Gasteiger partial charge in [0.15, 0.2) is 6.61 Å². The van der Waals surface area contributed by atoms with Crippen molar-refractivity contribution in [3.05, 3.63) is 59.7 Å². The fourth-order valence-corrected chi connectivity index (χ4v) is 2.48. The number of hydrogen-bond acceptors (Lipinski definition) is 4. The van der Waals surface area contributed by atoms with Gasteiger partial charge in [-0.25, -0.2) is 4.79 Å². The van der Waals surface area contributed by atoms with Gasteiger partial charge in [0.05, 0.1) is 6.10 Å². The van der Waals surface area contributed by atoms with E-state index < -0.39 is 5.97 Å². The maximum absolute atomic E-state index is 12.3. The molecule has 0 fully saturated rings. The van der Waals surface area contributed by atoms with Crippen molar-refractivity contribution in [2.45, 2.75) is 46.1 Å². The SMILES string of the molecule is CCCCc1ccc(NC(=O)c2ccc(OCC(=O)OC(C)C)cc2)cc1. The molecule has 2 aromatic rings. The van der Waals surface area contributed by atoms with Gasteiger partial charge < -0.3 is 14.8 Å². The van der Waals surface area contributed by atoms with Crippen LogP contribution in [0.15, 0.2) is 48.5 Å². The van der Waals surface area contributed by atoms with E-state index in [9.17, 15) is 9.59 Å². The highest BCUT2D eigenvalue weighted by Crippen LogP contribution is 2.16. The van der Waals surface area contributed by atoms with Crippen LogP contribution in [-0.2, 0) is 16.0 Å². The van der Waals surface area contributed by atoms with Gasteiger partial charge in [0.2, 0.25) is 0 Å². The van der Waals surface area contributed by atoms with E-state index in [1.54, 1.807) is 38.1 Å². The lowest BCUT2D eigenvalue weighted by Crippen LogP contribution is -2.18. The van der Waals surface area contributed by atoms with Crippen LogP contribution in [0.5, 0.6) is 5.75 Å². The molecule has 0 saturated carbocycles. The Hall–Kier alpha value is -2.82. The molecule has 0 saturated heterocycles. The maximum atomic E-state index is 12.3. The third-order valence-electron chi connectivity index (χ3n) is 3.87. The minimum atomic E-state index is -0.422. The smallest absolute Gasteiger partial charge is 0.344 e. The molecule has 0 aliphatic heterocycles. The molecule has 2 rings (SSSR count). The van der Waals surface area contributed by atoms with Gasteiger partial charge in [-0.1, -0.05) is 25.5 Å². The lowest BCUT2D eigenvalue weighted by molar-refractivity contribution is -0.149. The number of benzene rings is 2. The Morgan fingerprint density at radius 3 is 2.26 bits per heavy atom. The van der Waals surface area contributed by atoms with E-state index >= 15 is 0 Å². The van der Waals surface area contributed by atoms with Crippen LogP contribution in [0, 0.1) is 0 Å². The van der Waals surface area contributed by atoms with E-state index in [1.807, 2.05) is 24.3 Å². The molecular weight excluding hydrogens is 342 g/mol. The quantitative estimate of drug-likeness (QED) is 0.656. The van der Waals surface area contributed by atoms with Crippen LogP contribution < -0.4 is 10.1 Å². The number of rotatable bonds is 9. The van der Waals surface area contributed by atoms with E-state index in [0.717, 1.165) is 24.9 Å². The summed E-state index contributed by atoms with van der Waals surface area (Å²) in [4.78, 5) is 23.8. The Kier molecular flexibility index (Phi) is 7.86. The second-order valence-corrected chi connectivity index (χ2v) is 6.61. The number of ether oxygens (including phenoxy) is 2. The molecular formula is C22H27NO4. The first-order valence-corrected chi connectivity index (χ1v) is 9.30. The van der Waals surface area contributed by atoms with Crippen molar-refractivity contribution < 1.29 is 19.1 Å². The minimum Gasteiger partial charge on any atom is -0.482 e. The molecule has 5 heteroatoms. The molecule has 27 heavy (non-hydrogen) atoms. The van der Waals surface area contributed by atoms with Crippen LogP contribution in [-0.4, -0.2) is 24.6 Å². The molecule has 1 N–H and O–H groups in total. The number of nitrogens with one attached hydrogen (secondary N) is 1. The van der Waals surface area contributed by atoms with Gasteiger partial charge >= 0.3 is 5.97 Å². The van der Waals surface area contributed by atoms with Crippen LogP contribution in [0.3, 0.4) is 0 Å². The molecule has 0 heterocycles. The second-order valence-electron chi connectivity index (χ2n) is 6.61. The number of amides is 1. The zero-order valence-corrected chi connectivity index (χ0v) is 16.2. The van der Waals surface area contributed by atoms with Gasteiger partial charge in [-0.15, -0.1) is 0 Å². The van der Waals surface area contributed by atoms with E-state index in [-0.39, 0.29) is 18.6 Å². The van der Waals surface area contributed by atoms with Crippen molar-refractivity contribution in [3.63, 3.8) is 0 Å². The standard InChI is InChI=1S/C22H27NO4/c1-4-5-6-17-7-11-19(12-8-17)23-22(25)18-9-13-20(14-10-18)26-15-21(24)27-16(2)3/h7-14,16H,4-6,15H2,1-3H3,(H,23,25). The molecule has 0 bridgehead atoms. The molecule has 0 aliphatic rings. The molecule has 144 valence electrons. The van der Waals surface area contributed by atoms with Crippen molar-refractivity contribution in [3.8, 4) is 5.75 Å². The summed E-state index contributed by atoms with van der Waals surface area (Å²) in [6.07, 6.45) is 3.21. The number of unbranched alkanes of at least 4 members (excludes halogenated alkanes) is 1. The molecule has 0 aromatic heterocycles. The third kappa shape index (κ3) is 7.13. The average molecular weight is 369 g/mol. The van der Waals surface area contributed by atoms with Crippen molar-refractivity contribution in [2.75, 3.05) is 11.9 Å². The largest absolute Gasteiger partial charge is 0.482 e.